The Morgan fingerprint density at radius 2 is 1.81 bits per heavy atom. The highest BCUT2D eigenvalue weighted by molar-refractivity contribution is 6.11. The molecule has 1 aromatic carbocycles. The molecule has 1 aliphatic heterocycles. The molecule has 84 valence electrons. The van der Waals surface area contributed by atoms with E-state index in [0.717, 1.165) is 5.56 Å². The van der Waals surface area contributed by atoms with E-state index in [1.54, 1.807) is 0 Å². The van der Waals surface area contributed by atoms with Crippen molar-refractivity contribution >= 4 is 11.7 Å². The van der Waals surface area contributed by atoms with Crippen LogP contribution in [-0.2, 0) is 15.0 Å². The third-order valence-corrected chi connectivity index (χ3v) is 2.65. The van der Waals surface area contributed by atoms with Gasteiger partial charge in [-0.2, -0.15) is 0 Å². The highest BCUT2D eigenvalue weighted by Gasteiger charge is 2.19. The molecular formula is C13H15NO2. The van der Waals surface area contributed by atoms with Gasteiger partial charge in [-0.3, -0.25) is 0 Å². The lowest BCUT2D eigenvalue weighted by atomic mass is 9.86. The van der Waals surface area contributed by atoms with Crippen LogP contribution >= 0.6 is 0 Å². The number of hydrogen-bond donors (Lipinski definition) is 0. The molecule has 0 amide bonds. The smallest absolute Gasteiger partial charge is 0.318 e. The lowest BCUT2D eigenvalue weighted by Crippen LogP contribution is -2.11. The van der Waals surface area contributed by atoms with Crippen molar-refractivity contribution in [1.29, 1.82) is 0 Å². The van der Waals surface area contributed by atoms with E-state index in [4.69, 9.17) is 0 Å². The molecule has 1 heterocycles. The van der Waals surface area contributed by atoms with Crippen molar-refractivity contribution < 1.29 is 9.63 Å². The number of oxime groups is 1. The summed E-state index contributed by atoms with van der Waals surface area (Å²) in [6.07, 6.45) is 0.273. The summed E-state index contributed by atoms with van der Waals surface area (Å²) in [6, 6.07) is 8.12. The van der Waals surface area contributed by atoms with Crippen LogP contribution in [-0.4, -0.2) is 11.7 Å². The fourth-order valence-corrected chi connectivity index (χ4v) is 1.62. The Labute approximate surface area is 95.1 Å². The van der Waals surface area contributed by atoms with E-state index in [2.05, 4.69) is 42.9 Å². The number of nitrogens with zero attached hydrogens (tertiary/aromatic N) is 1. The second kappa shape index (κ2) is 3.74. The van der Waals surface area contributed by atoms with E-state index in [9.17, 15) is 4.79 Å². The Bertz CT molecular complexity index is 438. The Morgan fingerprint density at radius 1 is 1.19 bits per heavy atom. The zero-order valence-corrected chi connectivity index (χ0v) is 9.78. The molecule has 3 heteroatoms. The molecule has 1 aromatic rings. The van der Waals surface area contributed by atoms with Crippen LogP contribution < -0.4 is 0 Å². The fourth-order valence-electron chi connectivity index (χ4n) is 1.62. The molecular weight excluding hydrogens is 202 g/mol. The fraction of sp³-hybridized carbons (Fsp3) is 0.385. The third kappa shape index (κ3) is 2.13. The molecule has 0 spiro atoms. The molecule has 0 saturated carbocycles. The van der Waals surface area contributed by atoms with Crippen molar-refractivity contribution in [2.24, 2.45) is 5.16 Å². The SMILES string of the molecule is CC(C)(C)c1ccc(C2=NOC(=O)C2)cc1. The van der Waals surface area contributed by atoms with Gasteiger partial charge >= 0.3 is 5.97 Å². The van der Waals surface area contributed by atoms with Crippen LogP contribution in [0.5, 0.6) is 0 Å². The van der Waals surface area contributed by atoms with Crippen LogP contribution in [0.4, 0.5) is 0 Å². The van der Waals surface area contributed by atoms with Gasteiger partial charge in [0.15, 0.2) is 0 Å². The second-order valence-corrected chi connectivity index (χ2v) is 5.01. The van der Waals surface area contributed by atoms with Crippen LogP contribution in [0, 0.1) is 0 Å². The molecule has 16 heavy (non-hydrogen) atoms. The average Bonchev–Trinajstić information content (AvgIpc) is 2.64. The zero-order valence-electron chi connectivity index (χ0n) is 9.78. The minimum absolute atomic E-state index is 0.141. The first kappa shape index (κ1) is 10.9. The van der Waals surface area contributed by atoms with Crippen molar-refractivity contribution in [1.82, 2.24) is 0 Å². The van der Waals surface area contributed by atoms with E-state index in [1.165, 1.54) is 5.56 Å². The topological polar surface area (TPSA) is 38.7 Å². The Morgan fingerprint density at radius 3 is 2.25 bits per heavy atom. The van der Waals surface area contributed by atoms with Crippen molar-refractivity contribution in [3.63, 3.8) is 0 Å². The summed E-state index contributed by atoms with van der Waals surface area (Å²) in [4.78, 5) is 15.5. The van der Waals surface area contributed by atoms with Gasteiger partial charge in [0.05, 0.1) is 12.1 Å². The zero-order chi connectivity index (χ0) is 11.8. The van der Waals surface area contributed by atoms with Crippen LogP contribution in [0.2, 0.25) is 0 Å². The average molecular weight is 217 g/mol. The summed E-state index contributed by atoms with van der Waals surface area (Å²) in [5.41, 5.74) is 3.08. The predicted octanol–water partition coefficient (Wildman–Crippen LogP) is 2.64. The molecule has 0 unspecified atom stereocenters. The van der Waals surface area contributed by atoms with Gasteiger partial charge in [0.25, 0.3) is 0 Å². The highest BCUT2D eigenvalue weighted by Crippen LogP contribution is 2.23. The molecule has 0 bridgehead atoms. The summed E-state index contributed by atoms with van der Waals surface area (Å²) in [7, 11) is 0. The Balaban J connectivity index is 2.23. The van der Waals surface area contributed by atoms with Crippen molar-refractivity contribution in [2.45, 2.75) is 32.6 Å². The van der Waals surface area contributed by atoms with Crippen LogP contribution in [0.15, 0.2) is 29.4 Å². The van der Waals surface area contributed by atoms with Gasteiger partial charge in [-0.05, 0) is 16.5 Å². The number of hydrogen-bond acceptors (Lipinski definition) is 3. The molecule has 2 rings (SSSR count). The van der Waals surface area contributed by atoms with Gasteiger partial charge in [0.2, 0.25) is 0 Å². The van der Waals surface area contributed by atoms with Gasteiger partial charge in [-0.15, -0.1) is 0 Å². The minimum Gasteiger partial charge on any atom is -0.318 e. The molecule has 1 aliphatic rings. The first-order valence-electron chi connectivity index (χ1n) is 5.34. The molecule has 0 atom stereocenters. The molecule has 3 nitrogen and oxygen atoms in total. The Kier molecular flexibility index (Phi) is 2.54. The van der Waals surface area contributed by atoms with Crippen LogP contribution in [0.3, 0.4) is 0 Å². The molecule has 0 N–H and O–H groups in total. The van der Waals surface area contributed by atoms with Crippen LogP contribution in [0.25, 0.3) is 0 Å². The quantitative estimate of drug-likeness (QED) is 0.678. The van der Waals surface area contributed by atoms with Crippen molar-refractivity contribution in [3.05, 3.63) is 35.4 Å². The summed E-state index contributed by atoms with van der Waals surface area (Å²) in [6.45, 7) is 6.51. The van der Waals surface area contributed by atoms with E-state index >= 15 is 0 Å². The van der Waals surface area contributed by atoms with Gasteiger partial charge < -0.3 is 4.84 Å². The normalized spacial score (nSPS) is 15.9. The molecule has 0 saturated heterocycles. The second-order valence-electron chi connectivity index (χ2n) is 5.01. The van der Waals surface area contributed by atoms with Crippen molar-refractivity contribution in [2.75, 3.05) is 0 Å². The summed E-state index contributed by atoms with van der Waals surface area (Å²) in [5.74, 6) is -0.283. The number of carbonyl (C=O) groups is 1. The van der Waals surface area contributed by atoms with E-state index in [-0.39, 0.29) is 17.8 Å². The maximum absolute atomic E-state index is 10.9. The molecule has 0 aliphatic carbocycles. The molecule has 0 fully saturated rings. The molecule has 0 radical (unpaired) electrons. The highest BCUT2D eigenvalue weighted by atomic mass is 16.7. The van der Waals surface area contributed by atoms with Gasteiger partial charge in [0.1, 0.15) is 0 Å². The summed E-state index contributed by atoms with van der Waals surface area (Å²) in [5, 5.41) is 3.75. The largest absolute Gasteiger partial charge is 0.341 e. The maximum atomic E-state index is 10.9. The van der Waals surface area contributed by atoms with E-state index in [0.29, 0.717) is 5.71 Å². The lowest BCUT2D eigenvalue weighted by Gasteiger charge is -2.18. The lowest BCUT2D eigenvalue weighted by molar-refractivity contribution is -0.140. The standard InChI is InChI=1S/C13H15NO2/c1-13(2,3)10-6-4-9(5-7-10)11-8-12(15)16-14-11/h4-7H,8H2,1-3H3. The predicted molar refractivity (Wildman–Crippen MR) is 62.4 cm³/mol. The number of benzene rings is 1. The van der Waals surface area contributed by atoms with E-state index in [1.807, 2.05) is 12.1 Å². The summed E-state index contributed by atoms with van der Waals surface area (Å²) >= 11 is 0. The summed E-state index contributed by atoms with van der Waals surface area (Å²) < 4.78 is 0. The maximum Gasteiger partial charge on any atom is 0.341 e. The minimum atomic E-state index is -0.283. The number of carbonyl (C=O) groups excluding carboxylic acids is 1. The van der Waals surface area contributed by atoms with Crippen molar-refractivity contribution in [3.8, 4) is 0 Å². The Hall–Kier alpha value is -1.64. The van der Waals surface area contributed by atoms with Gasteiger partial charge in [0, 0.05) is 0 Å². The van der Waals surface area contributed by atoms with Crippen LogP contribution in [0.1, 0.15) is 38.3 Å². The van der Waals surface area contributed by atoms with Gasteiger partial charge in [-0.25, -0.2) is 4.79 Å². The molecule has 0 aromatic heterocycles. The number of rotatable bonds is 1. The first-order chi connectivity index (χ1) is 7.47. The van der Waals surface area contributed by atoms with Gasteiger partial charge in [-0.1, -0.05) is 50.2 Å². The third-order valence-electron chi connectivity index (χ3n) is 2.65. The van der Waals surface area contributed by atoms with E-state index < -0.39 is 0 Å². The first-order valence-corrected chi connectivity index (χ1v) is 5.34. The monoisotopic (exact) mass is 217 g/mol.